The summed E-state index contributed by atoms with van der Waals surface area (Å²) >= 11 is 14.7. The molecule has 0 aliphatic carbocycles. The molecule has 0 aliphatic heterocycles. The zero-order valence-corrected chi connectivity index (χ0v) is 48.0. The number of hydrogen-bond donors (Lipinski definition) is 0. The molecule has 0 aliphatic rings. The van der Waals surface area contributed by atoms with Gasteiger partial charge in [0.25, 0.3) is 0 Å². The molecule has 0 radical (unpaired) electrons. The van der Waals surface area contributed by atoms with Crippen LogP contribution in [0.2, 0.25) is 0 Å². The van der Waals surface area contributed by atoms with E-state index in [2.05, 4.69) is 37.5 Å². The minimum atomic E-state index is -2.85. The van der Waals surface area contributed by atoms with Crippen LogP contribution in [0.25, 0.3) is 0 Å². The molecule has 4 nitrogen and oxygen atoms in total. The van der Waals surface area contributed by atoms with Crippen LogP contribution in [0.15, 0.2) is 0 Å². The third-order valence-electron chi connectivity index (χ3n) is 11.0. The van der Waals surface area contributed by atoms with Gasteiger partial charge in [0.2, 0.25) is 0 Å². The number of rotatable bonds is 48. The molecule has 60 heavy (non-hydrogen) atoms. The summed E-state index contributed by atoms with van der Waals surface area (Å²) in [5, 5.41) is 0. The van der Waals surface area contributed by atoms with Crippen molar-refractivity contribution in [2.24, 2.45) is 0 Å². The van der Waals surface area contributed by atoms with Gasteiger partial charge in [0, 0.05) is 11.4 Å². The molecule has 0 bridgehead atoms. The Morgan fingerprint density at radius 2 is 0.483 bits per heavy atom. The van der Waals surface area contributed by atoms with Crippen molar-refractivity contribution in [1.29, 1.82) is 0 Å². The van der Waals surface area contributed by atoms with E-state index < -0.39 is 11.4 Å². The Labute approximate surface area is 410 Å². The molecular weight excluding hydrogens is 959 g/mol. The second kappa shape index (κ2) is 57.9. The zero-order valence-electron chi connectivity index (χ0n) is 40.1. The Morgan fingerprint density at radius 1 is 0.317 bits per heavy atom. The van der Waals surface area contributed by atoms with E-state index in [9.17, 15) is 9.79 Å². The van der Waals surface area contributed by atoms with Crippen molar-refractivity contribution in [3.63, 3.8) is 0 Å². The van der Waals surface area contributed by atoms with Crippen molar-refractivity contribution >= 4 is 67.6 Å². The fourth-order valence-electron chi connectivity index (χ4n) is 7.14. The summed E-state index contributed by atoms with van der Waals surface area (Å²) in [6.45, 7) is 10.2. The van der Waals surface area contributed by atoms with Crippen molar-refractivity contribution in [2.45, 2.75) is 285 Å². The van der Waals surface area contributed by atoms with E-state index in [1.807, 2.05) is 0 Å². The van der Waals surface area contributed by atoms with Gasteiger partial charge in [-0.15, -0.1) is 22.8 Å². The number of unbranched alkanes of at least 4 members (excludes halogenated alkanes) is 36. The Hall–Kier alpha value is 2.75. The Kier molecular flexibility index (Phi) is 64.6. The molecule has 12 heteroatoms. The summed E-state index contributed by atoms with van der Waals surface area (Å²) < 4.78 is 11.1. The van der Waals surface area contributed by atoms with Gasteiger partial charge in [-0.2, -0.15) is 0 Å². The van der Waals surface area contributed by atoms with Gasteiger partial charge < -0.3 is 18.8 Å². The van der Waals surface area contributed by atoms with Crippen LogP contribution in [0.1, 0.15) is 285 Å². The quantitative estimate of drug-likeness (QED) is 0.0337. The molecule has 0 amide bonds. The van der Waals surface area contributed by atoms with Gasteiger partial charge in [0.05, 0.1) is 13.2 Å². The summed E-state index contributed by atoms with van der Waals surface area (Å²) in [4.78, 5) is 24.6. The minimum absolute atomic E-state index is 0.572. The van der Waals surface area contributed by atoms with Crippen molar-refractivity contribution < 1.29 is 36.8 Å². The van der Waals surface area contributed by atoms with E-state index >= 15 is 0 Å². The first-order valence-electron chi connectivity index (χ1n) is 25.6. The molecule has 362 valence electrons. The number of hydrogen-bond acceptors (Lipinski definition) is 9. The van der Waals surface area contributed by atoms with Crippen molar-refractivity contribution in [1.82, 2.24) is 0 Å². The SMILES string of the molecule is CCCCCCCCCCCCOP([O-])(=S)SCCCCCCCCCCCC.CCCCCCCCCCCCOP([O-])(=S)SCCCCCCCCCCCC.[S]=[Mo+2]. The molecule has 0 saturated heterocycles. The van der Waals surface area contributed by atoms with Crippen molar-refractivity contribution in [3.8, 4) is 0 Å². The first kappa shape index (κ1) is 67.0. The van der Waals surface area contributed by atoms with Gasteiger partial charge in [0.15, 0.2) is 0 Å². The van der Waals surface area contributed by atoms with Gasteiger partial charge in [-0.3, -0.25) is 0 Å². The third-order valence-corrected chi connectivity index (χ3v) is 19.7. The van der Waals surface area contributed by atoms with Crippen LogP contribution in [0.5, 0.6) is 0 Å². The van der Waals surface area contributed by atoms with Crippen molar-refractivity contribution in [3.05, 3.63) is 0 Å². The summed E-state index contributed by atoms with van der Waals surface area (Å²) in [5.74, 6) is 1.77. The third kappa shape index (κ3) is 62.8. The Morgan fingerprint density at radius 3 is 0.683 bits per heavy atom. The van der Waals surface area contributed by atoms with Gasteiger partial charge >= 0.3 is 27.8 Å². The van der Waals surface area contributed by atoms with Crippen LogP contribution in [0, 0.1) is 0 Å². The van der Waals surface area contributed by atoms with Crippen LogP contribution in [0.4, 0.5) is 0 Å². The van der Waals surface area contributed by atoms with Crippen LogP contribution >= 0.6 is 44.0 Å². The second-order valence-corrected chi connectivity index (χ2v) is 29.3. The first-order valence-corrected chi connectivity index (χ1v) is 36.9. The second-order valence-electron chi connectivity index (χ2n) is 17.0. The summed E-state index contributed by atoms with van der Waals surface area (Å²) in [7, 11) is 4.09. The molecule has 2 atom stereocenters. The Balaban J connectivity index is -0.00000104. The normalized spacial score (nSPS) is 13.2. The fourth-order valence-corrected chi connectivity index (χ4v) is 13.9. The van der Waals surface area contributed by atoms with Crippen LogP contribution < -0.4 is 9.79 Å². The zero-order chi connectivity index (χ0) is 44.9. The van der Waals surface area contributed by atoms with Gasteiger partial charge in [0.1, 0.15) is 0 Å². The van der Waals surface area contributed by atoms with E-state index in [4.69, 9.17) is 32.7 Å². The molecule has 0 aromatic carbocycles. The van der Waals surface area contributed by atoms with Crippen molar-refractivity contribution in [2.75, 3.05) is 24.7 Å². The van der Waals surface area contributed by atoms with Crippen LogP contribution in [0.3, 0.4) is 0 Å². The van der Waals surface area contributed by atoms with Gasteiger partial charge in [-0.25, -0.2) is 0 Å². The van der Waals surface area contributed by atoms with Crippen LogP contribution in [-0.2, 0) is 50.7 Å². The molecule has 0 rings (SSSR count). The standard InChI is InChI=1S/2C24H51O2PS2.Mo.S/c2*1-3-5-7-9-11-13-15-17-19-21-23-26-27(25,28)29-24-22-20-18-16-14-12-10-8-6-4-2;;/h2*3-24H2,1-2H3,(H,25,28);;/q;;+2;/p-2. The fraction of sp³-hybridized carbons (Fsp3) is 1.00. The summed E-state index contributed by atoms with van der Waals surface area (Å²) in [6, 6.07) is 0. The average molecular weight is 1060 g/mol. The van der Waals surface area contributed by atoms with E-state index in [0.29, 0.717) is 13.2 Å². The average Bonchev–Trinajstić information content (AvgIpc) is 3.24. The predicted molar refractivity (Wildman–Crippen MR) is 280 cm³/mol. The van der Waals surface area contributed by atoms with Crippen LogP contribution in [-0.4, -0.2) is 24.7 Å². The first-order chi connectivity index (χ1) is 29.2. The predicted octanol–water partition coefficient (Wildman–Crippen LogP) is 19.0. The maximum atomic E-state index is 12.3. The maximum absolute atomic E-state index is 12.3. The molecule has 0 saturated carbocycles. The molecule has 0 aromatic rings. The van der Waals surface area contributed by atoms with Gasteiger partial charge in [-0.05, 0) is 37.2 Å². The van der Waals surface area contributed by atoms with E-state index in [1.165, 1.54) is 272 Å². The molecule has 2 unspecified atom stereocenters. The molecule has 0 N–H and O–H groups in total. The molecule has 0 aromatic heterocycles. The van der Waals surface area contributed by atoms with Gasteiger partial charge in [-0.1, -0.05) is 282 Å². The molecule has 0 fully saturated rings. The molecule has 0 spiro atoms. The monoisotopic (exact) mass is 1060 g/mol. The molecule has 0 heterocycles. The van der Waals surface area contributed by atoms with E-state index in [-0.39, 0.29) is 0 Å². The Bertz CT molecular complexity index is 768. The summed E-state index contributed by atoms with van der Waals surface area (Å²) in [6.07, 6.45) is 52.6. The topological polar surface area (TPSA) is 64.6 Å². The molecular formula is C48H100MoO4P2S5. The summed E-state index contributed by atoms with van der Waals surface area (Å²) in [5.41, 5.74) is -5.69. The van der Waals surface area contributed by atoms with E-state index in [1.54, 1.807) is 0 Å². The van der Waals surface area contributed by atoms with E-state index in [0.717, 1.165) is 37.2 Å².